The lowest BCUT2D eigenvalue weighted by atomic mass is 9.98. The van der Waals surface area contributed by atoms with Gasteiger partial charge < -0.3 is 4.90 Å². The second kappa shape index (κ2) is 5.58. The van der Waals surface area contributed by atoms with Gasteiger partial charge in [-0.3, -0.25) is 4.68 Å². The Hall–Kier alpha value is -2.12. The van der Waals surface area contributed by atoms with E-state index >= 15 is 0 Å². The molecule has 0 aliphatic carbocycles. The highest BCUT2D eigenvalue weighted by atomic mass is 19.4. The van der Waals surface area contributed by atoms with E-state index in [-0.39, 0.29) is 13.0 Å². The van der Waals surface area contributed by atoms with Gasteiger partial charge in [0.2, 0.25) is 5.95 Å². The zero-order valence-corrected chi connectivity index (χ0v) is 12.1. The fourth-order valence-corrected chi connectivity index (χ4v) is 2.64. The van der Waals surface area contributed by atoms with E-state index in [0.717, 1.165) is 5.56 Å². The van der Waals surface area contributed by atoms with Crippen molar-refractivity contribution < 1.29 is 13.2 Å². The number of anilines is 1. The van der Waals surface area contributed by atoms with Gasteiger partial charge in [0.25, 0.3) is 0 Å². The Kier molecular flexibility index (Phi) is 3.76. The van der Waals surface area contributed by atoms with Gasteiger partial charge in [-0.05, 0) is 18.9 Å². The Morgan fingerprint density at radius 1 is 1.32 bits per heavy atom. The second-order valence-corrected chi connectivity index (χ2v) is 5.47. The fourth-order valence-electron chi connectivity index (χ4n) is 2.64. The highest BCUT2D eigenvalue weighted by Gasteiger charge is 2.42. The summed E-state index contributed by atoms with van der Waals surface area (Å²) >= 11 is 0. The maximum atomic E-state index is 12.9. The molecule has 8 heteroatoms. The molecule has 0 unspecified atom stereocenters. The molecule has 1 fully saturated rings. The van der Waals surface area contributed by atoms with E-state index in [1.54, 1.807) is 41.3 Å². The number of aromatic nitrogens is 4. The standard InChI is InChI=1S/C14H16F3N5/c1-21-8-10(7-19-21)12-4-5-18-13(20-12)22-6-2-3-11(9-22)14(15,16)17/h4-5,7-8,11H,2-3,6,9H2,1H3/t11-/m1/s1. The predicted octanol–water partition coefficient (Wildman–Crippen LogP) is 2.66. The molecule has 0 amide bonds. The fraction of sp³-hybridized carbons (Fsp3) is 0.500. The molecule has 0 saturated carbocycles. The number of aryl methyl sites for hydroxylation is 1. The minimum Gasteiger partial charge on any atom is -0.340 e. The summed E-state index contributed by atoms with van der Waals surface area (Å²) < 4.78 is 40.3. The topological polar surface area (TPSA) is 46.8 Å². The van der Waals surface area contributed by atoms with Crippen molar-refractivity contribution in [2.75, 3.05) is 18.0 Å². The Balaban J connectivity index is 1.83. The number of nitrogens with zero attached hydrogens (tertiary/aromatic N) is 5. The SMILES string of the molecule is Cn1cc(-c2ccnc(N3CCC[C@@H](C(F)(F)F)C3)n2)cn1. The van der Waals surface area contributed by atoms with Crippen LogP contribution in [-0.4, -0.2) is 39.0 Å². The lowest BCUT2D eigenvalue weighted by Gasteiger charge is -2.33. The van der Waals surface area contributed by atoms with Crippen molar-refractivity contribution in [3.8, 4) is 11.3 Å². The van der Waals surface area contributed by atoms with Crippen LogP contribution in [0.2, 0.25) is 0 Å². The van der Waals surface area contributed by atoms with Crippen molar-refractivity contribution in [1.82, 2.24) is 19.7 Å². The smallest absolute Gasteiger partial charge is 0.340 e. The molecule has 22 heavy (non-hydrogen) atoms. The molecule has 5 nitrogen and oxygen atoms in total. The molecule has 0 bridgehead atoms. The van der Waals surface area contributed by atoms with Crippen LogP contribution in [0.25, 0.3) is 11.3 Å². The van der Waals surface area contributed by atoms with E-state index in [0.29, 0.717) is 24.6 Å². The number of alkyl halides is 3. The van der Waals surface area contributed by atoms with Crippen LogP contribution >= 0.6 is 0 Å². The first-order valence-electron chi connectivity index (χ1n) is 7.07. The number of hydrogen-bond acceptors (Lipinski definition) is 4. The quantitative estimate of drug-likeness (QED) is 0.855. The lowest BCUT2D eigenvalue weighted by Crippen LogP contribution is -2.42. The van der Waals surface area contributed by atoms with Crippen LogP contribution < -0.4 is 4.90 Å². The molecule has 0 spiro atoms. The normalized spacial score (nSPS) is 19.5. The minimum absolute atomic E-state index is 0.0833. The van der Waals surface area contributed by atoms with Gasteiger partial charge in [-0.1, -0.05) is 0 Å². The van der Waals surface area contributed by atoms with Gasteiger partial charge in [0.15, 0.2) is 0 Å². The van der Waals surface area contributed by atoms with Gasteiger partial charge >= 0.3 is 6.18 Å². The largest absolute Gasteiger partial charge is 0.393 e. The Labute approximate surface area is 125 Å². The van der Waals surface area contributed by atoms with E-state index in [1.807, 2.05) is 0 Å². The molecule has 0 aromatic carbocycles. The first kappa shape index (κ1) is 14.8. The monoisotopic (exact) mass is 311 g/mol. The second-order valence-electron chi connectivity index (χ2n) is 5.47. The molecule has 118 valence electrons. The summed E-state index contributed by atoms with van der Waals surface area (Å²) in [6.45, 7) is 0.461. The zero-order chi connectivity index (χ0) is 15.7. The maximum Gasteiger partial charge on any atom is 0.393 e. The van der Waals surface area contributed by atoms with Crippen LogP contribution in [0.3, 0.4) is 0 Å². The Bertz CT molecular complexity index is 652. The van der Waals surface area contributed by atoms with Crippen molar-refractivity contribution in [2.24, 2.45) is 13.0 Å². The summed E-state index contributed by atoms with van der Waals surface area (Å²) in [7, 11) is 1.80. The summed E-state index contributed by atoms with van der Waals surface area (Å²) in [6.07, 6.45) is 1.54. The molecular weight excluding hydrogens is 295 g/mol. The summed E-state index contributed by atoms with van der Waals surface area (Å²) in [5, 5.41) is 4.07. The Morgan fingerprint density at radius 2 is 2.14 bits per heavy atom. The molecule has 0 N–H and O–H groups in total. The van der Waals surface area contributed by atoms with Crippen molar-refractivity contribution in [3.63, 3.8) is 0 Å². The third kappa shape index (κ3) is 3.05. The summed E-state index contributed by atoms with van der Waals surface area (Å²) in [6, 6.07) is 1.73. The van der Waals surface area contributed by atoms with Crippen LogP contribution in [0.5, 0.6) is 0 Å². The molecule has 1 saturated heterocycles. The molecule has 1 aliphatic heterocycles. The minimum atomic E-state index is -4.17. The lowest BCUT2D eigenvalue weighted by molar-refractivity contribution is -0.176. The molecule has 3 heterocycles. The van der Waals surface area contributed by atoms with Gasteiger partial charge in [0.1, 0.15) is 0 Å². The van der Waals surface area contributed by atoms with Crippen LogP contribution in [0.1, 0.15) is 12.8 Å². The van der Waals surface area contributed by atoms with E-state index < -0.39 is 12.1 Å². The van der Waals surface area contributed by atoms with Crippen molar-refractivity contribution in [3.05, 3.63) is 24.7 Å². The first-order valence-corrected chi connectivity index (χ1v) is 7.07. The molecule has 0 radical (unpaired) electrons. The average Bonchev–Trinajstić information content (AvgIpc) is 2.93. The summed E-state index contributed by atoms with van der Waals surface area (Å²) in [5.41, 5.74) is 1.47. The van der Waals surface area contributed by atoms with Gasteiger partial charge in [0, 0.05) is 38.1 Å². The van der Waals surface area contributed by atoms with Crippen molar-refractivity contribution in [1.29, 1.82) is 0 Å². The highest BCUT2D eigenvalue weighted by Crippen LogP contribution is 2.34. The van der Waals surface area contributed by atoms with Crippen LogP contribution in [0.4, 0.5) is 19.1 Å². The van der Waals surface area contributed by atoms with Gasteiger partial charge in [-0.15, -0.1) is 0 Å². The predicted molar refractivity (Wildman–Crippen MR) is 75.2 cm³/mol. The number of rotatable bonds is 2. The van der Waals surface area contributed by atoms with E-state index in [9.17, 15) is 13.2 Å². The molecule has 2 aromatic rings. The molecule has 1 atom stereocenters. The van der Waals surface area contributed by atoms with Gasteiger partial charge in [-0.2, -0.15) is 18.3 Å². The van der Waals surface area contributed by atoms with E-state index in [4.69, 9.17) is 0 Å². The average molecular weight is 311 g/mol. The number of halogens is 3. The molecule has 3 rings (SSSR count). The van der Waals surface area contributed by atoms with Gasteiger partial charge in [-0.25, -0.2) is 9.97 Å². The summed E-state index contributed by atoms with van der Waals surface area (Å²) in [5.74, 6) is -0.970. The molecular formula is C14H16F3N5. The van der Waals surface area contributed by atoms with Gasteiger partial charge in [0.05, 0.1) is 17.8 Å². The number of piperidine rings is 1. The van der Waals surface area contributed by atoms with Crippen molar-refractivity contribution >= 4 is 5.95 Å². The molecule has 1 aliphatic rings. The van der Waals surface area contributed by atoms with Crippen LogP contribution in [-0.2, 0) is 7.05 Å². The maximum absolute atomic E-state index is 12.9. The van der Waals surface area contributed by atoms with E-state index in [1.165, 1.54) is 0 Å². The summed E-state index contributed by atoms with van der Waals surface area (Å²) in [4.78, 5) is 10.1. The third-order valence-electron chi connectivity index (χ3n) is 3.81. The van der Waals surface area contributed by atoms with Crippen LogP contribution in [0, 0.1) is 5.92 Å². The van der Waals surface area contributed by atoms with Crippen LogP contribution in [0.15, 0.2) is 24.7 Å². The highest BCUT2D eigenvalue weighted by molar-refractivity contribution is 5.58. The first-order chi connectivity index (χ1) is 10.4. The van der Waals surface area contributed by atoms with Crippen molar-refractivity contribution in [2.45, 2.75) is 19.0 Å². The number of hydrogen-bond donors (Lipinski definition) is 0. The van der Waals surface area contributed by atoms with E-state index in [2.05, 4.69) is 15.1 Å². The Morgan fingerprint density at radius 3 is 2.82 bits per heavy atom. The molecule has 2 aromatic heterocycles. The third-order valence-corrected chi connectivity index (χ3v) is 3.81. The zero-order valence-electron chi connectivity index (χ0n) is 12.1.